The third kappa shape index (κ3) is 2.83. The molecule has 0 atom stereocenters. The zero-order valence-corrected chi connectivity index (χ0v) is 8.66. The Kier molecular flexibility index (Phi) is 4.11. The van der Waals surface area contributed by atoms with E-state index in [4.69, 9.17) is 0 Å². The second kappa shape index (κ2) is 5.37. The molecule has 0 saturated carbocycles. The monoisotopic (exact) mass is 192 g/mol. The third-order valence-corrected chi connectivity index (χ3v) is 2.29. The second-order valence-electron chi connectivity index (χ2n) is 3.24. The number of nitrogens with one attached hydrogen (secondary N) is 1. The SMILES string of the molecule is CCC(CC)C(=O)Nc1cccnc1. The molecular formula is C11H16N2O. The fourth-order valence-electron chi connectivity index (χ4n) is 1.34. The minimum absolute atomic E-state index is 0.0861. The van der Waals surface area contributed by atoms with Gasteiger partial charge in [0.25, 0.3) is 0 Å². The van der Waals surface area contributed by atoms with Crippen LogP contribution >= 0.6 is 0 Å². The summed E-state index contributed by atoms with van der Waals surface area (Å²) >= 11 is 0. The summed E-state index contributed by atoms with van der Waals surface area (Å²) < 4.78 is 0. The molecule has 1 rings (SSSR count). The Morgan fingerprint density at radius 3 is 2.71 bits per heavy atom. The highest BCUT2D eigenvalue weighted by Gasteiger charge is 2.13. The van der Waals surface area contributed by atoms with Crippen LogP contribution in [0.5, 0.6) is 0 Å². The molecule has 14 heavy (non-hydrogen) atoms. The molecule has 76 valence electrons. The van der Waals surface area contributed by atoms with Gasteiger partial charge in [0.1, 0.15) is 0 Å². The molecular weight excluding hydrogens is 176 g/mol. The summed E-state index contributed by atoms with van der Waals surface area (Å²) in [6, 6.07) is 3.65. The molecule has 1 heterocycles. The van der Waals surface area contributed by atoms with Crippen LogP contribution in [0.1, 0.15) is 26.7 Å². The minimum Gasteiger partial charge on any atom is -0.324 e. The third-order valence-electron chi connectivity index (χ3n) is 2.29. The van der Waals surface area contributed by atoms with Crippen molar-refractivity contribution in [1.82, 2.24) is 4.98 Å². The van der Waals surface area contributed by atoms with Crippen molar-refractivity contribution in [3.8, 4) is 0 Å². The first-order chi connectivity index (χ1) is 6.77. The first-order valence-electron chi connectivity index (χ1n) is 4.98. The van der Waals surface area contributed by atoms with Crippen molar-refractivity contribution in [2.45, 2.75) is 26.7 Å². The van der Waals surface area contributed by atoms with Crippen LogP contribution in [0, 0.1) is 5.92 Å². The fourth-order valence-corrected chi connectivity index (χ4v) is 1.34. The Labute approximate surface area is 84.6 Å². The predicted octanol–water partition coefficient (Wildman–Crippen LogP) is 2.46. The molecule has 1 aromatic heterocycles. The molecule has 1 aromatic rings. The normalized spacial score (nSPS) is 10.2. The fraction of sp³-hybridized carbons (Fsp3) is 0.455. The number of rotatable bonds is 4. The highest BCUT2D eigenvalue weighted by Crippen LogP contribution is 2.11. The van der Waals surface area contributed by atoms with Crippen LogP contribution in [-0.2, 0) is 4.79 Å². The van der Waals surface area contributed by atoms with Gasteiger partial charge < -0.3 is 5.32 Å². The molecule has 0 aromatic carbocycles. The van der Waals surface area contributed by atoms with Crippen molar-refractivity contribution in [3.05, 3.63) is 24.5 Å². The van der Waals surface area contributed by atoms with Gasteiger partial charge in [-0.1, -0.05) is 13.8 Å². The molecule has 0 saturated heterocycles. The Morgan fingerprint density at radius 2 is 2.21 bits per heavy atom. The Bertz CT molecular complexity index is 281. The minimum atomic E-state index is 0.0861. The maximum Gasteiger partial charge on any atom is 0.227 e. The van der Waals surface area contributed by atoms with E-state index in [1.165, 1.54) is 0 Å². The van der Waals surface area contributed by atoms with Crippen LogP contribution in [0.3, 0.4) is 0 Å². The van der Waals surface area contributed by atoms with E-state index in [-0.39, 0.29) is 11.8 Å². The summed E-state index contributed by atoms with van der Waals surface area (Å²) in [5.74, 6) is 0.193. The van der Waals surface area contributed by atoms with Gasteiger partial charge in [0.15, 0.2) is 0 Å². The van der Waals surface area contributed by atoms with E-state index in [2.05, 4.69) is 10.3 Å². The molecule has 0 radical (unpaired) electrons. The van der Waals surface area contributed by atoms with Crippen molar-refractivity contribution >= 4 is 11.6 Å². The summed E-state index contributed by atoms with van der Waals surface area (Å²) in [7, 11) is 0. The number of pyridine rings is 1. The lowest BCUT2D eigenvalue weighted by Gasteiger charge is -2.11. The van der Waals surface area contributed by atoms with Crippen LogP contribution in [0.2, 0.25) is 0 Å². The second-order valence-corrected chi connectivity index (χ2v) is 3.24. The van der Waals surface area contributed by atoms with E-state index >= 15 is 0 Å². The summed E-state index contributed by atoms with van der Waals surface area (Å²) in [5.41, 5.74) is 0.768. The lowest BCUT2D eigenvalue weighted by Crippen LogP contribution is -2.21. The average Bonchev–Trinajstić information content (AvgIpc) is 2.21. The van der Waals surface area contributed by atoms with E-state index < -0.39 is 0 Å². The van der Waals surface area contributed by atoms with Gasteiger partial charge in [0, 0.05) is 12.1 Å². The van der Waals surface area contributed by atoms with Gasteiger partial charge in [0.2, 0.25) is 5.91 Å². The number of nitrogens with zero attached hydrogens (tertiary/aromatic N) is 1. The largest absolute Gasteiger partial charge is 0.324 e. The number of hydrogen-bond donors (Lipinski definition) is 1. The molecule has 3 nitrogen and oxygen atoms in total. The van der Waals surface area contributed by atoms with Crippen LogP contribution in [0.15, 0.2) is 24.5 Å². The highest BCUT2D eigenvalue weighted by molar-refractivity contribution is 5.92. The average molecular weight is 192 g/mol. The molecule has 0 bridgehead atoms. The predicted molar refractivity (Wildman–Crippen MR) is 56.9 cm³/mol. The number of carbonyl (C=O) groups is 1. The maximum atomic E-state index is 11.6. The van der Waals surface area contributed by atoms with E-state index in [1.54, 1.807) is 12.4 Å². The molecule has 0 unspecified atom stereocenters. The molecule has 0 aliphatic rings. The molecule has 0 spiro atoms. The van der Waals surface area contributed by atoms with E-state index in [1.807, 2.05) is 26.0 Å². The van der Waals surface area contributed by atoms with Gasteiger partial charge in [-0.2, -0.15) is 0 Å². The van der Waals surface area contributed by atoms with Crippen molar-refractivity contribution in [3.63, 3.8) is 0 Å². The van der Waals surface area contributed by atoms with E-state index in [0.717, 1.165) is 18.5 Å². The van der Waals surface area contributed by atoms with Gasteiger partial charge in [-0.15, -0.1) is 0 Å². The van der Waals surface area contributed by atoms with Crippen LogP contribution in [0.4, 0.5) is 5.69 Å². The lowest BCUT2D eigenvalue weighted by molar-refractivity contribution is -0.120. The number of anilines is 1. The number of amides is 1. The molecule has 1 amide bonds. The van der Waals surface area contributed by atoms with E-state index in [9.17, 15) is 4.79 Å². The van der Waals surface area contributed by atoms with E-state index in [0.29, 0.717) is 0 Å². The standard InChI is InChI=1S/C11H16N2O/c1-3-9(4-2)11(14)13-10-6-5-7-12-8-10/h5-9H,3-4H2,1-2H3,(H,13,14). The number of hydrogen-bond acceptors (Lipinski definition) is 2. The van der Waals surface area contributed by atoms with Crippen LogP contribution in [0.25, 0.3) is 0 Å². The Morgan fingerprint density at radius 1 is 1.50 bits per heavy atom. The number of carbonyl (C=O) groups excluding carboxylic acids is 1. The molecule has 0 aliphatic carbocycles. The smallest absolute Gasteiger partial charge is 0.227 e. The first kappa shape index (κ1) is 10.7. The van der Waals surface area contributed by atoms with Gasteiger partial charge in [-0.05, 0) is 25.0 Å². The van der Waals surface area contributed by atoms with Crippen molar-refractivity contribution < 1.29 is 4.79 Å². The quantitative estimate of drug-likeness (QED) is 0.796. The first-order valence-corrected chi connectivity index (χ1v) is 4.98. The zero-order chi connectivity index (χ0) is 10.4. The van der Waals surface area contributed by atoms with Gasteiger partial charge in [-0.3, -0.25) is 9.78 Å². The lowest BCUT2D eigenvalue weighted by atomic mass is 10.0. The maximum absolute atomic E-state index is 11.6. The van der Waals surface area contributed by atoms with Crippen LogP contribution in [-0.4, -0.2) is 10.9 Å². The van der Waals surface area contributed by atoms with Crippen molar-refractivity contribution in [2.75, 3.05) is 5.32 Å². The summed E-state index contributed by atoms with van der Waals surface area (Å²) in [6.07, 6.45) is 5.10. The van der Waals surface area contributed by atoms with Gasteiger partial charge in [0.05, 0.1) is 11.9 Å². The van der Waals surface area contributed by atoms with Gasteiger partial charge >= 0.3 is 0 Å². The zero-order valence-electron chi connectivity index (χ0n) is 8.66. The molecule has 0 fully saturated rings. The van der Waals surface area contributed by atoms with Crippen molar-refractivity contribution in [1.29, 1.82) is 0 Å². The molecule has 3 heteroatoms. The summed E-state index contributed by atoms with van der Waals surface area (Å²) in [5, 5.41) is 2.84. The summed E-state index contributed by atoms with van der Waals surface area (Å²) in [6.45, 7) is 4.05. The Hall–Kier alpha value is -1.38. The number of aromatic nitrogens is 1. The van der Waals surface area contributed by atoms with Crippen molar-refractivity contribution in [2.24, 2.45) is 5.92 Å². The topological polar surface area (TPSA) is 42.0 Å². The highest BCUT2D eigenvalue weighted by atomic mass is 16.1. The molecule has 1 N–H and O–H groups in total. The van der Waals surface area contributed by atoms with Crippen LogP contribution < -0.4 is 5.32 Å². The summed E-state index contributed by atoms with van der Waals surface area (Å²) in [4.78, 5) is 15.6. The van der Waals surface area contributed by atoms with Gasteiger partial charge in [-0.25, -0.2) is 0 Å². The Balaban J connectivity index is 2.57. The molecule has 0 aliphatic heterocycles.